The van der Waals surface area contributed by atoms with Crippen molar-refractivity contribution < 1.29 is 0 Å². The highest BCUT2D eigenvalue weighted by Gasteiger charge is 2.25. The van der Waals surface area contributed by atoms with E-state index in [4.69, 9.17) is 0 Å². The molecule has 0 aliphatic carbocycles. The second kappa shape index (κ2) is 6.49. The highest BCUT2D eigenvalue weighted by Crippen LogP contribution is 2.21. The predicted octanol–water partition coefficient (Wildman–Crippen LogP) is 2.35. The molecule has 1 fully saturated rings. The molecular weight excluding hydrogens is 184 g/mol. The summed E-state index contributed by atoms with van der Waals surface area (Å²) in [4.78, 5) is 2.67. The van der Waals surface area contributed by atoms with Gasteiger partial charge in [-0.3, -0.25) is 0 Å². The maximum atomic E-state index is 3.29. The van der Waals surface area contributed by atoms with Gasteiger partial charge in [-0.2, -0.15) is 0 Å². The standard InChI is InChI=1S/C13H28N2/c1-11(2)5-6-12(3)15-8-7-13(10-15)9-14-4/h11-14H,5-10H2,1-4H3. The van der Waals surface area contributed by atoms with Gasteiger partial charge >= 0.3 is 0 Å². The van der Waals surface area contributed by atoms with Crippen molar-refractivity contribution in [2.24, 2.45) is 11.8 Å². The molecule has 1 aliphatic rings. The van der Waals surface area contributed by atoms with E-state index in [9.17, 15) is 0 Å². The summed E-state index contributed by atoms with van der Waals surface area (Å²) in [5.74, 6) is 1.74. The van der Waals surface area contributed by atoms with Gasteiger partial charge in [0.1, 0.15) is 0 Å². The molecular formula is C13H28N2. The Morgan fingerprint density at radius 2 is 2.00 bits per heavy atom. The van der Waals surface area contributed by atoms with Crippen LogP contribution in [0.4, 0.5) is 0 Å². The zero-order chi connectivity index (χ0) is 11.3. The topological polar surface area (TPSA) is 15.3 Å². The van der Waals surface area contributed by atoms with Gasteiger partial charge in [0.2, 0.25) is 0 Å². The molecule has 0 aromatic rings. The highest BCUT2D eigenvalue weighted by molar-refractivity contribution is 4.80. The first-order valence-corrected chi connectivity index (χ1v) is 6.52. The Balaban J connectivity index is 2.20. The van der Waals surface area contributed by atoms with Crippen LogP contribution in [0.2, 0.25) is 0 Å². The fourth-order valence-corrected chi connectivity index (χ4v) is 2.48. The largest absolute Gasteiger partial charge is 0.319 e. The predicted molar refractivity (Wildman–Crippen MR) is 67.1 cm³/mol. The summed E-state index contributed by atoms with van der Waals surface area (Å²) < 4.78 is 0. The molecule has 0 aromatic carbocycles. The van der Waals surface area contributed by atoms with Gasteiger partial charge in [0, 0.05) is 12.6 Å². The number of hydrogen-bond acceptors (Lipinski definition) is 2. The summed E-state index contributed by atoms with van der Waals surface area (Å²) >= 11 is 0. The third-order valence-corrected chi connectivity index (χ3v) is 3.60. The molecule has 0 radical (unpaired) electrons. The Hall–Kier alpha value is -0.0800. The minimum Gasteiger partial charge on any atom is -0.319 e. The lowest BCUT2D eigenvalue weighted by molar-refractivity contribution is 0.228. The van der Waals surface area contributed by atoms with Crippen molar-refractivity contribution in [3.8, 4) is 0 Å². The summed E-state index contributed by atoms with van der Waals surface area (Å²) in [6, 6.07) is 0.786. The molecule has 1 aliphatic heterocycles. The van der Waals surface area contributed by atoms with Crippen molar-refractivity contribution in [2.45, 2.75) is 46.1 Å². The van der Waals surface area contributed by atoms with Crippen molar-refractivity contribution >= 4 is 0 Å². The lowest BCUT2D eigenvalue weighted by Crippen LogP contribution is -2.32. The Bertz CT molecular complexity index is 168. The summed E-state index contributed by atoms with van der Waals surface area (Å²) in [6.07, 6.45) is 4.12. The zero-order valence-electron chi connectivity index (χ0n) is 10.9. The molecule has 1 N–H and O–H groups in total. The summed E-state index contributed by atoms with van der Waals surface area (Å²) in [5, 5.41) is 3.29. The molecule has 1 heterocycles. The van der Waals surface area contributed by atoms with Crippen LogP contribution in [0.15, 0.2) is 0 Å². The first-order chi connectivity index (χ1) is 7.13. The van der Waals surface area contributed by atoms with Gasteiger partial charge in [-0.15, -0.1) is 0 Å². The fourth-order valence-electron chi connectivity index (χ4n) is 2.48. The lowest BCUT2D eigenvalue weighted by atomic mass is 10.0. The van der Waals surface area contributed by atoms with Gasteiger partial charge in [0.05, 0.1) is 0 Å². The molecule has 90 valence electrons. The molecule has 0 amide bonds. The van der Waals surface area contributed by atoms with E-state index in [1.165, 1.54) is 38.9 Å². The van der Waals surface area contributed by atoms with Gasteiger partial charge in [0.25, 0.3) is 0 Å². The zero-order valence-corrected chi connectivity index (χ0v) is 10.9. The maximum Gasteiger partial charge on any atom is 0.00671 e. The van der Waals surface area contributed by atoms with Gasteiger partial charge in [0.15, 0.2) is 0 Å². The molecule has 2 atom stereocenters. The first kappa shape index (κ1) is 13.0. The third-order valence-electron chi connectivity index (χ3n) is 3.60. The normalized spacial score (nSPS) is 25.0. The Morgan fingerprint density at radius 3 is 2.60 bits per heavy atom. The van der Waals surface area contributed by atoms with E-state index in [1.54, 1.807) is 0 Å². The van der Waals surface area contributed by atoms with Crippen molar-refractivity contribution in [1.29, 1.82) is 0 Å². The van der Waals surface area contributed by atoms with Crippen LogP contribution in [0.5, 0.6) is 0 Å². The molecule has 1 rings (SSSR count). The van der Waals surface area contributed by atoms with Gasteiger partial charge in [-0.25, -0.2) is 0 Å². The van der Waals surface area contributed by atoms with Crippen LogP contribution in [-0.4, -0.2) is 37.6 Å². The molecule has 0 aromatic heterocycles. The molecule has 2 unspecified atom stereocenters. The van der Waals surface area contributed by atoms with Crippen LogP contribution in [0.25, 0.3) is 0 Å². The van der Waals surface area contributed by atoms with Crippen LogP contribution < -0.4 is 5.32 Å². The van der Waals surface area contributed by atoms with E-state index in [1.807, 2.05) is 0 Å². The fraction of sp³-hybridized carbons (Fsp3) is 1.00. The average Bonchev–Trinajstić information content (AvgIpc) is 2.63. The number of hydrogen-bond donors (Lipinski definition) is 1. The van der Waals surface area contributed by atoms with Crippen molar-refractivity contribution in [3.05, 3.63) is 0 Å². The molecule has 15 heavy (non-hydrogen) atoms. The van der Waals surface area contributed by atoms with E-state index >= 15 is 0 Å². The summed E-state index contributed by atoms with van der Waals surface area (Å²) in [6.45, 7) is 10.8. The van der Waals surface area contributed by atoms with Crippen LogP contribution >= 0.6 is 0 Å². The molecule has 2 heteroatoms. The summed E-state index contributed by atoms with van der Waals surface area (Å²) in [5.41, 5.74) is 0. The van der Waals surface area contributed by atoms with E-state index in [-0.39, 0.29) is 0 Å². The lowest BCUT2D eigenvalue weighted by Gasteiger charge is -2.25. The number of likely N-dealkylation sites (tertiary alicyclic amines) is 1. The van der Waals surface area contributed by atoms with Crippen molar-refractivity contribution in [1.82, 2.24) is 10.2 Å². The van der Waals surface area contributed by atoms with E-state index in [0.717, 1.165) is 17.9 Å². The smallest absolute Gasteiger partial charge is 0.00671 e. The van der Waals surface area contributed by atoms with E-state index < -0.39 is 0 Å². The van der Waals surface area contributed by atoms with Crippen LogP contribution in [0, 0.1) is 11.8 Å². The summed E-state index contributed by atoms with van der Waals surface area (Å²) in [7, 11) is 2.06. The Morgan fingerprint density at radius 1 is 1.27 bits per heavy atom. The van der Waals surface area contributed by atoms with E-state index in [2.05, 4.69) is 38.0 Å². The van der Waals surface area contributed by atoms with Crippen LogP contribution in [0.3, 0.4) is 0 Å². The van der Waals surface area contributed by atoms with Gasteiger partial charge in [-0.05, 0) is 58.2 Å². The van der Waals surface area contributed by atoms with Crippen LogP contribution in [-0.2, 0) is 0 Å². The maximum absolute atomic E-state index is 3.29. The number of rotatable bonds is 6. The monoisotopic (exact) mass is 212 g/mol. The van der Waals surface area contributed by atoms with Crippen LogP contribution in [0.1, 0.15) is 40.0 Å². The first-order valence-electron chi connectivity index (χ1n) is 6.52. The average molecular weight is 212 g/mol. The SMILES string of the molecule is CNCC1CCN(C(C)CCC(C)C)C1. The quantitative estimate of drug-likeness (QED) is 0.727. The molecule has 1 saturated heterocycles. The molecule has 0 saturated carbocycles. The second-order valence-corrected chi connectivity index (χ2v) is 5.53. The Kier molecular flexibility index (Phi) is 5.62. The van der Waals surface area contributed by atoms with Gasteiger partial charge in [-0.1, -0.05) is 13.8 Å². The number of nitrogens with zero attached hydrogens (tertiary/aromatic N) is 1. The Labute approximate surface area is 95.4 Å². The number of nitrogens with one attached hydrogen (secondary N) is 1. The highest BCUT2D eigenvalue weighted by atomic mass is 15.2. The van der Waals surface area contributed by atoms with Crippen molar-refractivity contribution in [3.63, 3.8) is 0 Å². The molecule has 2 nitrogen and oxygen atoms in total. The minimum absolute atomic E-state index is 0.786. The van der Waals surface area contributed by atoms with Crippen molar-refractivity contribution in [2.75, 3.05) is 26.7 Å². The molecule has 0 spiro atoms. The molecule has 0 bridgehead atoms. The third kappa shape index (κ3) is 4.52. The van der Waals surface area contributed by atoms with E-state index in [0.29, 0.717) is 0 Å². The van der Waals surface area contributed by atoms with Gasteiger partial charge < -0.3 is 10.2 Å². The minimum atomic E-state index is 0.786. The second-order valence-electron chi connectivity index (χ2n) is 5.53.